The fourth-order valence-electron chi connectivity index (χ4n) is 1.40. The number of sulfonamides is 1. The van der Waals surface area contributed by atoms with Gasteiger partial charge in [-0.2, -0.15) is 0 Å². The van der Waals surface area contributed by atoms with Crippen LogP contribution in [-0.4, -0.2) is 33.2 Å². The molecule has 2 N–H and O–H groups in total. The molecule has 0 aliphatic rings. The molecule has 0 aliphatic heterocycles. The number of carbonyl (C=O) groups is 1. The Kier molecular flexibility index (Phi) is 6.18. The van der Waals surface area contributed by atoms with Gasteiger partial charge in [-0.25, -0.2) is 17.9 Å². The molecule has 0 aliphatic carbocycles. The van der Waals surface area contributed by atoms with Crippen molar-refractivity contribution >= 4 is 32.0 Å². The van der Waals surface area contributed by atoms with E-state index in [0.717, 1.165) is 0 Å². The lowest BCUT2D eigenvalue weighted by Gasteiger charge is -2.19. The summed E-state index contributed by atoms with van der Waals surface area (Å²) >= 11 is 3.19. The number of rotatable bonds is 5. The van der Waals surface area contributed by atoms with Crippen LogP contribution in [0.25, 0.3) is 0 Å². The summed E-state index contributed by atoms with van der Waals surface area (Å²) in [5.41, 5.74) is -0.585. The molecular weight excluding hydrogens is 360 g/mol. The van der Waals surface area contributed by atoms with Crippen molar-refractivity contribution < 1.29 is 17.9 Å². The minimum absolute atomic E-state index is 0.0723. The summed E-state index contributed by atoms with van der Waals surface area (Å²) in [6.45, 7) is 5.47. The van der Waals surface area contributed by atoms with Gasteiger partial charge < -0.3 is 10.1 Å². The molecular formula is C13H19BrN2O4S. The molecule has 6 nitrogen and oxygen atoms in total. The Morgan fingerprint density at radius 2 is 1.86 bits per heavy atom. The Bertz CT molecular complexity index is 596. The van der Waals surface area contributed by atoms with Crippen molar-refractivity contribution in [3.63, 3.8) is 0 Å². The minimum atomic E-state index is -3.61. The van der Waals surface area contributed by atoms with Crippen molar-refractivity contribution in [3.05, 3.63) is 28.7 Å². The monoisotopic (exact) mass is 378 g/mol. The second-order valence-corrected chi connectivity index (χ2v) is 7.85. The number of halogens is 1. The SMILES string of the molecule is CC(C)(C)OC(=O)NCCNS(=O)(=O)c1ccccc1Br. The van der Waals surface area contributed by atoms with Gasteiger partial charge in [0.2, 0.25) is 10.0 Å². The van der Waals surface area contributed by atoms with Crippen LogP contribution in [0.3, 0.4) is 0 Å². The van der Waals surface area contributed by atoms with Crippen LogP contribution in [0.4, 0.5) is 4.79 Å². The summed E-state index contributed by atoms with van der Waals surface area (Å²) in [6.07, 6.45) is -0.581. The van der Waals surface area contributed by atoms with Crippen molar-refractivity contribution in [3.8, 4) is 0 Å². The Morgan fingerprint density at radius 1 is 1.24 bits per heavy atom. The molecule has 1 rings (SSSR count). The molecule has 0 fully saturated rings. The van der Waals surface area contributed by atoms with Gasteiger partial charge in [-0.1, -0.05) is 12.1 Å². The smallest absolute Gasteiger partial charge is 0.407 e. The third kappa shape index (κ3) is 6.45. The zero-order valence-electron chi connectivity index (χ0n) is 12.1. The molecule has 0 unspecified atom stereocenters. The molecule has 1 aromatic carbocycles. The minimum Gasteiger partial charge on any atom is -0.444 e. The highest BCUT2D eigenvalue weighted by atomic mass is 79.9. The lowest BCUT2D eigenvalue weighted by Crippen LogP contribution is -2.37. The van der Waals surface area contributed by atoms with Crippen LogP contribution in [0.1, 0.15) is 20.8 Å². The van der Waals surface area contributed by atoms with Crippen molar-refractivity contribution in [1.82, 2.24) is 10.0 Å². The fourth-order valence-corrected chi connectivity index (χ4v) is 3.44. The predicted octanol–water partition coefficient (Wildman–Crippen LogP) is 2.25. The largest absolute Gasteiger partial charge is 0.444 e. The van der Waals surface area contributed by atoms with Crippen LogP contribution in [0.2, 0.25) is 0 Å². The topological polar surface area (TPSA) is 84.5 Å². The first kappa shape index (κ1) is 17.9. The van der Waals surface area contributed by atoms with E-state index in [1.54, 1.807) is 39.0 Å². The summed E-state index contributed by atoms with van der Waals surface area (Å²) in [6, 6.07) is 6.51. The van der Waals surface area contributed by atoms with E-state index in [-0.39, 0.29) is 18.0 Å². The van der Waals surface area contributed by atoms with E-state index >= 15 is 0 Å². The Hall–Kier alpha value is -1.12. The first-order valence-corrected chi connectivity index (χ1v) is 8.60. The maximum Gasteiger partial charge on any atom is 0.407 e. The Balaban J connectivity index is 2.46. The number of carbonyl (C=O) groups excluding carboxylic acids is 1. The number of hydrogen-bond acceptors (Lipinski definition) is 4. The van der Waals surface area contributed by atoms with E-state index in [1.165, 1.54) is 6.07 Å². The molecule has 0 aromatic heterocycles. The average Bonchev–Trinajstić information content (AvgIpc) is 2.33. The van der Waals surface area contributed by atoms with Crippen LogP contribution >= 0.6 is 15.9 Å². The van der Waals surface area contributed by atoms with E-state index in [2.05, 4.69) is 26.0 Å². The van der Waals surface area contributed by atoms with E-state index < -0.39 is 21.7 Å². The highest BCUT2D eigenvalue weighted by Crippen LogP contribution is 2.20. The lowest BCUT2D eigenvalue weighted by molar-refractivity contribution is 0.0529. The normalized spacial score (nSPS) is 12.0. The molecule has 0 atom stereocenters. The highest BCUT2D eigenvalue weighted by Gasteiger charge is 2.18. The van der Waals surface area contributed by atoms with Gasteiger partial charge in [-0.3, -0.25) is 0 Å². The zero-order chi connectivity index (χ0) is 16.1. The fraction of sp³-hybridized carbons (Fsp3) is 0.462. The quantitative estimate of drug-likeness (QED) is 0.769. The van der Waals surface area contributed by atoms with Gasteiger partial charge in [0.15, 0.2) is 0 Å². The number of benzene rings is 1. The third-order valence-electron chi connectivity index (χ3n) is 2.21. The molecule has 1 amide bonds. The van der Waals surface area contributed by atoms with Crippen molar-refractivity contribution in [2.75, 3.05) is 13.1 Å². The molecule has 0 heterocycles. The molecule has 0 saturated heterocycles. The summed E-state index contributed by atoms with van der Waals surface area (Å²) in [5, 5.41) is 2.48. The number of alkyl carbamates (subject to hydrolysis) is 1. The summed E-state index contributed by atoms with van der Waals surface area (Å²) in [4.78, 5) is 11.5. The van der Waals surface area contributed by atoms with Crippen LogP contribution in [0.5, 0.6) is 0 Å². The Labute approximate surface area is 133 Å². The number of hydrogen-bond donors (Lipinski definition) is 2. The van der Waals surface area contributed by atoms with Crippen molar-refractivity contribution in [2.24, 2.45) is 0 Å². The van der Waals surface area contributed by atoms with E-state index in [1.807, 2.05) is 0 Å². The van der Waals surface area contributed by atoms with Gasteiger partial charge in [-0.15, -0.1) is 0 Å². The van der Waals surface area contributed by atoms with Crippen LogP contribution in [-0.2, 0) is 14.8 Å². The average molecular weight is 379 g/mol. The van der Waals surface area contributed by atoms with Gasteiger partial charge in [0.25, 0.3) is 0 Å². The maximum atomic E-state index is 12.0. The summed E-state index contributed by atoms with van der Waals surface area (Å²) in [7, 11) is -3.61. The molecule has 1 aromatic rings. The van der Waals surface area contributed by atoms with E-state index in [9.17, 15) is 13.2 Å². The second kappa shape index (κ2) is 7.24. The summed E-state index contributed by atoms with van der Waals surface area (Å²) in [5.74, 6) is 0. The number of nitrogens with one attached hydrogen (secondary N) is 2. The van der Waals surface area contributed by atoms with Gasteiger partial charge >= 0.3 is 6.09 Å². The van der Waals surface area contributed by atoms with Gasteiger partial charge in [0, 0.05) is 17.6 Å². The predicted molar refractivity (Wildman–Crippen MR) is 83.6 cm³/mol. The van der Waals surface area contributed by atoms with Crippen LogP contribution in [0.15, 0.2) is 33.6 Å². The first-order valence-electron chi connectivity index (χ1n) is 6.33. The number of amides is 1. The third-order valence-corrected chi connectivity index (χ3v) is 4.68. The Morgan fingerprint density at radius 3 is 2.43 bits per heavy atom. The molecule has 21 heavy (non-hydrogen) atoms. The van der Waals surface area contributed by atoms with Crippen molar-refractivity contribution in [1.29, 1.82) is 0 Å². The van der Waals surface area contributed by atoms with E-state index in [0.29, 0.717) is 4.47 Å². The highest BCUT2D eigenvalue weighted by molar-refractivity contribution is 9.10. The molecule has 0 bridgehead atoms. The standard InChI is InChI=1S/C13H19BrN2O4S/c1-13(2,3)20-12(17)15-8-9-16-21(18,19)11-7-5-4-6-10(11)14/h4-7,16H,8-9H2,1-3H3,(H,15,17). The zero-order valence-corrected chi connectivity index (χ0v) is 14.5. The van der Waals surface area contributed by atoms with Crippen LogP contribution < -0.4 is 10.0 Å². The van der Waals surface area contributed by atoms with Gasteiger partial charge in [-0.05, 0) is 48.8 Å². The molecule has 118 valence electrons. The first-order chi connectivity index (χ1) is 9.62. The van der Waals surface area contributed by atoms with Crippen LogP contribution in [0, 0.1) is 0 Å². The van der Waals surface area contributed by atoms with E-state index in [4.69, 9.17) is 4.74 Å². The van der Waals surface area contributed by atoms with Gasteiger partial charge in [0.05, 0.1) is 4.90 Å². The van der Waals surface area contributed by atoms with Crippen molar-refractivity contribution in [2.45, 2.75) is 31.3 Å². The molecule has 0 spiro atoms. The summed E-state index contributed by atoms with van der Waals surface area (Å²) < 4.78 is 32.0. The molecule has 8 heteroatoms. The second-order valence-electron chi connectivity index (χ2n) is 5.26. The number of ether oxygens (including phenoxy) is 1. The van der Waals surface area contributed by atoms with Gasteiger partial charge in [0.1, 0.15) is 5.60 Å². The lowest BCUT2D eigenvalue weighted by atomic mass is 10.2. The molecule has 0 saturated carbocycles. The molecule has 0 radical (unpaired) electrons. The maximum absolute atomic E-state index is 12.0.